The summed E-state index contributed by atoms with van der Waals surface area (Å²) in [6.45, 7) is 9.92. The number of carbonyl (C=O) groups excluding carboxylic acids is 3. The van der Waals surface area contributed by atoms with Crippen LogP contribution in [0.3, 0.4) is 0 Å². The van der Waals surface area contributed by atoms with Gasteiger partial charge in [0.05, 0.1) is 0 Å². The van der Waals surface area contributed by atoms with E-state index in [0.717, 1.165) is 57.9 Å². The molecule has 5 N–H and O–H groups in total. The van der Waals surface area contributed by atoms with Crippen molar-refractivity contribution in [2.45, 2.75) is 187 Å². The van der Waals surface area contributed by atoms with E-state index < -0.39 is 18.1 Å². The number of unbranched alkanes of at least 4 members (excludes halogenated alkanes) is 15. The van der Waals surface area contributed by atoms with Crippen LogP contribution < -0.4 is 21.3 Å². The lowest BCUT2D eigenvalue weighted by molar-refractivity contribution is -0.142. The van der Waals surface area contributed by atoms with E-state index in [1.165, 1.54) is 64.2 Å². The highest BCUT2D eigenvalue weighted by Gasteiger charge is 2.24. The van der Waals surface area contributed by atoms with Crippen LogP contribution in [-0.2, 0) is 19.2 Å². The normalized spacial score (nSPS) is 12.6. The van der Waals surface area contributed by atoms with Gasteiger partial charge in [-0.3, -0.25) is 14.4 Å². The number of rotatable bonds is 31. The maximum absolute atomic E-state index is 12.8. The van der Waals surface area contributed by atoms with Crippen LogP contribution in [0.2, 0.25) is 0 Å². The van der Waals surface area contributed by atoms with Crippen LogP contribution in [0, 0.1) is 0 Å². The second-order valence-corrected chi connectivity index (χ2v) is 12.7. The average Bonchev–Trinajstić information content (AvgIpc) is 2.98. The summed E-state index contributed by atoms with van der Waals surface area (Å²) in [6, 6.07) is -1.39. The minimum Gasteiger partial charge on any atom is -0.480 e. The van der Waals surface area contributed by atoms with Gasteiger partial charge in [0.25, 0.3) is 0 Å². The molecular formula is C35H68N4O5. The van der Waals surface area contributed by atoms with Gasteiger partial charge < -0.3 is 26.4 Å². The minimum absolute atomic E-state index is 0.0192. The third-order valence-corrected chi connectivity index (χ3v) is 8.00. The van der Waals surface area contributed by atoms with E-state index in [-0.39, 0.29) is 30.6 Å². The van der Waals surface area contributed by atoms with Gasteiger partial charge in [-0.15, -0.1) is 0 Å². The fourth-order valence-corrected chi connectivity index (χ4v) is 5.21. The van der Waals surface area contributed by atoms with Crippen LogP contribution in [0.5, 0.6) is 0 Å². The summed E-state index contributed by atoms with van der Waals surface area (Å²) in [5, 5.41) is 21.3. The number of carboxylic acids is 1. The summed E-state index contributed by atoms with van der Waals surface area (Å²) in [5.74, 6) is -2.03. The molecular weight excluding hydrogens is 556 g/mol. The monoisotopic (exact) mass is 625 g/mol. The molecule has 0 unspecified atom stereocenters. The zero-order chi connectivity index (χ0) is 32.8. The van der Waals surface area contributed by atoms with Crippen molar-refractivity contribution in [3.8, 4) is 0 Å². The van der Waals surface area contributed by atoms with Crippen LogP contribution >= 0.6 is 0 Å². The molecule has 0 aromatic heterocycles. The first-order chi connectivity index (χ1) is 21.2. The number of amides is 3. The quantitative estimate of drug-likeness (QED) is 0.0540. The topological polar surface area (TPSA) is 137 Å². The van der Waals surface area contributed by atoms with E-state index >= 15 is 0 Å². The molecule has 0 bridgehead atoms. The first-order valence-corrected chi connectivity index (χ1v) is 18.0. The van der Waals surface area contributed by atoms with E-state index in [0.29, 0.717) is 25.4 Å². The number of carboxylic acid groups (broad SMARTS) is 1. The maximum atomic E-state index is 12.8. The molecule has 0 fully saturated rings. The van der Waals surface area contributed by atoms with Crippen LogP contribution in [0.1, 0.15) is 169 Å². The summed E-state index contributed by atoms with van der Waals surface area (Å²) in [7, 11) is 0. The van der Waals surface area contributed by atoms with Gasteiger partial charge in [0.2, 0.25) is 17.7 Å². The van der Waals surface area contributed by atoms with Crippen LogP contribution in [-0.4, -0.2) is 60.0 Å². The van der Waals surface area contributed by atoms with Crippen molar-refractivity contribution < 1.29 is 24.3 Å². The number of hydrogen-bond donors (Lipinski definition) is 5. The Bertz CT molecular complexity index is 747. The summed E-state index contributed by atoms with van der Waals surface area (Å²) < 4.78 is 0. The first kappa shape index (κ1) is 41.8. The summed E-state index contributed by atoms with van der Waals surface area (Å²) in [5.41, 5.74) is 0. The standard InChI is InChI=1S/C35H68N4O5/c1-5-7-9-10-11-12-13-14-15-16-17-18-19-24-32(40)39-31(35(43)44)25-26-33(41)38-30(23-20-22-27-36-29(3)4)34(42)37-28-21-8-6-2/h29-31,36H,5-28H2,1-4H3,(H,37,42)(H,38,41)(H,39,40)(H,43,44)/t30-,31-/m1/s1. The van der Waals surface area contributed by atoms with Gasteiger partial charge in [0.15, 0.2) is 0 Å². The van der Waals surface area contributed by atoms with Crippen LogP contribution in [0.25, 0.3) is 0 Å². The van der Waals surface area contributed by atoms with E-state index in [4.69, 9.17) is 0 Å². The molecule has 0 heterocycles. The predicted molar refractivity (Wildman–Crippen MR) is 181 cm³/mol. The molecule has 44 heavy (non-hydrogen) atoms. The molecule has 0 saturated heterocycles. The fraction of sp³-hybridized carbons (Fsp3) is 0.886. The van der Waals surface area contributed by atoms with E-state index in [9.17, 15) is 24.3 Å². The Morgan fingerprint density at radius 3 is 1.57 bits per heavy atom. The molecule has 0 rings (SSSR count). The average molecular weight is 625 g/mol. The van der Waals surface area contributed by atoms with Gasteiger partial charge in [-0.1, -0.05) is 118 Å². The highest BCUT2D eigenvalue weighted by Crippen LogP contribution is 2.13. The lowest BCUT2D eigenvalue weighted by atomic mass is 10.0. The van der Waals surface area contributed by atoms with Crippen molar-refractivity contribution in [2.24, 2.45) is 0 Å². The molecule has 0 aliphatic rings. The number of aliphatic carboxylic acids is 1. The Hall–Kier alpha value is -2.16. The molecule has 258 valence electrons. The molecule has 0 saturated carbocycles. The summed E-state index contributed by atoms with van der Waals surface area (Å²) in [4.78, 5) is 49.7. The van der Waals surface area contributed by atoms with Crippen molar-refractivity contribution in [1.82, 2.24) is 21.3 Å². The predicted octanol–water partition coefficient (Wildman–Crippen LogP) is 6.78. The van der Waals surface area contributed by atoms with Gasteiger partial charge >= 0.3 is 5.97 Å². The summed E-state index contributed by atoms with van der Waals surface area (Å²) >= 11 is 0. The smallest absolute Gasteiger partial charge is 0.326 e. The molecule has 0 spiro atoms. The van der Waals surface area contributed by atoms with Crippen molar-refractivity contribution in [3.63, 3.8) is 0 Å². The molecule has 0 radical (unpaired) electrons. The largest absolute Gasteiger partial charge is 0.480 e. The molecule has 0 aromatic carbocycles. The number of hydrogen-bond acceptors (Lipinski definition) is 5. The Labute approximate surface area is 269 Å². The molecule has 0 aromatic rings. The van der Waals surface area contributed by atoms with Crippen molar-refractivity contribution in [2.75, 3.05) is 13.1 Å². The Balaban J connectivity index is 4.37. The number of carbonyl (C=O) groups is 4. The minimum atomic E-state index is -1.15. The first-order valence-electron chi connectivity index (χ1n) is 18.0. The Morgan fingerprint density at radius 1 is 0.545 bits per heavy atom. The lowest BCUT2D eigenvalue weighted by Gasteiger charge is -2.20. The SMILES string of the molecule is CCCCCCCCCCCCCCCC(=O)N[C@H](CCC(=O)N[C@H](CCCCNC(C)C)C(=O)NCCCCC)C(=O)O. The van der Waals surface area contributed by atoms with E-state index in [1.54, 1.807) is 0 Å². The van der Waals surface area contributed by atoms with E-state index in [2.05, 4.69) is 49.0 Å². The van der Waals surface area contributed by atoms with Gasteiger partial charge in [-0.05, 0) is 45.1 Å². The zero-order valence-corrected chi connectivity index (χ0v) is 28.8. The van der Waals surface area contributed by atoms with Crippen molar-refractivity contribution in [1.29, 1.82) is 0 Å². The van der Waals surface area contributed by atoms with Crippen LogP contribution in [0.15, 0.2) is 0 Å². The van der Waals surface area contributed by atoms with Gasteiger partial charge in [0.1, 0.15) is 12.1 Å². The zero-order valence-electron chi connectivity index (χ0n) is 28.8. The van der Waals surface area contributed by atoms with Crippen molar-refractivity contribution >= 4 is 23.7 Å². The molecule has 0 aliphatic carbocycles. The van der Waals surface area contributed by atoms with E-state index in [1.807, 2.05) is 0 Å². The molecule has 3 amide bonds. The Kier molecular flexibility index (Phi) is 28.1. The molecule has 9 heteroatoms. The molecule has 0 aliphatic heterocycles. The Morgan fingerprint density at radius 2 is 1.02 bits per heavy atom. The maximum Gasteiger partial charge on any atom is 0.326 e. The van der Waals surface area contributed by atoms with Crippen LogP contribution in [0.4, 0.5) is 0 Å². The second kappa shape index (κ2) is 29.5. The van der Waals surface area contributed by atoms with Gasteiger partial charge in [-0.2, -0.15) is 0 Å². The molecule has 2 atom stereocenters. The number of nitrogens with one attached hydrogen (secondary N) is 4. The summed E-state index contributed by atoms with van der Waals surface area (Å²) in [6.07, 6.45) is 21.2. The fourth-order valence-electron chi connectivity index (χ4n) is 5.21. The highest BCUT2D eigenvalue weighted by atomic mass is 16.4. The van der Waals surface area contributed by atoms with Crippen molar-refractivity contribution in [3.05, 3.63) is 0 Å². The highest BCUT2D eigenvalue weighted by molar-refractivity contribution is 5.88. The lowest BCUT2D eigenvalue weighted by Crippen LogP contribution is -2.47. The molecule has 9 nitrogen and oxygen atoms in total. The van der Waals surface area contributed by atoms with Gasteiger partial charge in [-0.25, -0.2) is 4.79 Å². The third kappa shape index (κ3) is 26.3. The van der Waals surface area contributed by atoms with Gasteiger partial charge in [0, 0.05) is 25.4 Å². The third-order valence-electron chi connectivity index (χ3n) is 8.00. The second-order valence-electron chi connectivity index (χ2n) is 12.7.